The molecule has 1 aromatic heterocycles. The van der Waals surface area contributed by atoms with Crippen molar-refractivity contribution in [3.05, 3.63) is 66.4 Å². The second-order valence-electron chi connectivity index (χ2n) is 6.26. The summed E-state index contributed by atoms with van der Waals surface area (Å²) in [7, 11) is -3.56. The molecule has 1 saturated heterocycles. The van der Waals surface area contributed by atoms with Crippen molar-refractivity contribution in [1.82, 2.24) is 8.87 Å². The average molecular weight is 340 g/mol. The third kappa shape index (κ3) is 2.64. The molecule has 0 atom stereocenters. The second-order valence-corrected chi connectivity index (χ2v) is 8.08. The van der Waals surface area contributed by atoms with Gasteiger partial charge in [0.25, 0.3) is 10.0 Å². The van der Waals surface area contributed by atoms with Gasteiger partial charge in [0.1, 0.15) is 0 Å². The second kappa shape index (κ2) is 6.07. The van der Waals surface area contributed by atoms with E-state index in [1.54, 1.807) is 30.5 Å². The Labute approximate surface area is 142 Å². The third-order valence-electron chi connectivity index (χ3n) is 4.68. The number of aromatic nitrogens is 1. The van der Waals surface area contributed by atoms with Crippen LogP contribution < -0.4 is 0 Å². The molecule has 1 aliphatic heterocycles. The van der Waals surface area contributed by atoms with Gasteiger partial charge in [-0.2, -0.15) is 0 Å². The molecule has 0 unspecified atom stereocenters. The molecule has 3 aromatic rings. The van der Waals surface area contributed by atoms with Crippen LogP contribution in [-0.2, 0) is 16.6 Å². The highest BCUT2D eigenvalue weighted by Gasteiger charge is 2.20. The van der Waals surface area contributed by atoms with Crippen molar-refractivity contribution in [2.24, 2.45) is 0 Å². The molecule has 2 aromatic carbocycles. The molecule has 0 radical (unpaired) electrons. The SMILES string of the molecule is O=S(=O)(c1ccccc1)n1ccc2c(CN3CCCC3)cccc21. The Balaban J connectivity index is 1.78. The lowest BCUT2D eigenvalue weighted by Crippen LogP contribution is -2.18. The molecule has 0 spiro atoms. The van der Waals surface area contributed by atoms with Crippen LogP contribution in [-0.4, -0.2) is 30.4 Å². The third-order valence-corrected chi connectivity index (χ3v) is 6.38. The summed E-state index contributed by atoms with van der Waals surface area (Å²) in [6, 6.07) is 16.4. The molecule has 124 valence electrons. The molecule has 0 N–H and O–H groups in total. The van der Waals surface area contributed by atoms with E-state index in [0.29, 0.717) is 4.90 Å². The number of nitrogens with zero attached hydrogens (tertiary/aromatic N) is 2. The van der Waals surface area contributed by atoms with Crippen LogP contribution in [0, 0.1) is 0 Å². The van der Waals surface area contributed by atoms with E-state index in [1.807, 2.05) is 24.3 Å². The Bertz CT molecular complexity index is 955. The van der Waals surface area contributed by atoms with Crippen LogP contribution in [0.15, 0.2) is 65.7 Å². The predicted molar refractivity (Wildman–Crippen MR) is 95.5 cm³/mol. The van der Waals surface area contributed by atoms with Crippen LogP contribution in [0.5, 0.6) is 0 Å². The van der Waals surface area contributed by atoms with Crippen molar-refractivity contribution in [2.45, 2.75) is 24.3 Å². The molecule has 24 heavy (non-hydrogen) atoms. The van der Waals surface area contributed by atoms with Crippen molar-refractivity contribution in [3.8, 4) is 0 Å². The molecule has 0 aliphatic carbocycles. The minimum atomic E-state index is -3.56. The van der Waals surface area contributed by atoms with Crippen molar-refractivity contribution in [3.63, 3.8) is 0 Å². The Hall–Kier alpha value is -2.11. The normalized spacial score (nSPS) is 16.0. The highest BCUT2D eigenvalue weighted by Crippen LogP contribution is 2.26. The smallest absolute Gasteiger partial charge is 0.268 e. The Kier molecular flexibility index (Phi) is 3.90. The van der Waals surface area contributed by atoms with Crippen LogP contribution >= 0.6 is 0 Å². The van der Waals surface area contributed by atoms with Crippen LogP contribution in [0.3, 0.4) is 0 Å². The average Bonchev–Trinajstić information content (AvgIpc) is 3.25. The quantitative estimate of drug-likeness (QED) is 0.730. The Morgan fingerprint density at radius 1 is 0.875 bits per heavy atom. The van der Waals surface area contributed by atoms with Crippen molar-refractivity contribution < 1.29 is 8.42 Å². The first kappa shape index (κ1) is 15.4. The lowest BCUT2D eigenvalue weighted by atomic mass is 10.1. The fourth-order valence-corrected chi connectivity index (χ4v) is 4.81. The van der Waals surface area contributed by atoms with Crippen LogP contribution in [0.4, 0.5) is 0 Å². The molecule has 1 fully saturated rings. The predicted octanol–water partition coefficient (Wildman–Crippen LogP) is 3.47. The lowest BCUT2D eigenvalue weighted by molar-refractivity contribution is 0.332. The van der Waals surface area contributed by atoms with Crippen LogP contribution in [0.1, 0.15) is 18.4 Å². The standard InChI is InChI=1S/C19H20N2O2S/c22-24(23,17-8-2-1-3-9-17)21-14-11-18-16(7-6-10-19(18)21)15-20-12-4-5-13-20/h1-3,6-11,14H,4-5,12-13,15H2. The number of likely N-dealkylation sites (tertiary alicyclic amines) is 1. The van der Waals surface area contributed by atoms with E-state index in [1.165, 1.54) is 22.4 Å². The molecule has 0 saturated carbocycles. The molecule has 4 nitrogen and oxygen atoms in total. The van der Waals surface area contributed by atoms with Crippen LogP contribution in [0.25, 0.3) is 10.9 Å². The molecule has 4 rings (SSSR count). The first-order valence-corrected chi connectivity index (χ1v) is 9.72. The Morgan fingerprint density at radius 2 is 1.62 bits per heavy atom. The molecule has 1 aliphatic rings. The summed E-state index contributed by atoms with van der Waals surface area (Å²) in [5.74, 6) is 0. The van der Waals surface area contributed by atoms with E-state index in [9.17, 15) is 8.42 Å². The summed E-state index contributed by atoms with van der Waals surface area (Å²) in [6.07, 6.45) is 4.17. The fourth-order valence-electron chi connectivity index (χ4n) is 3.44. The molecule has 0 bridgehead atoms. The van der Waals surface area contributed by atoms with E-state index in [-0.39, 0.29) is 0 Å². The van der Waals surface area contributed by atoms with Gasteiger partial charge in [0.05, 0.1) is 10.4 Å². The first-order chi connectivity index (χ1) is 11.7. The van der Waals surface area contributed by atoms with Gasteiger partial charge in [-0.25, -0.2) is 12.4 Å². The monoisotopic (exact) mass is 340 g/mol. The highest BCUT2D eigenvalue weighted by atomic mass is 32.2. The minimum Gasteiger partial charge on any atom is -0.299 e. The molecular formula is C19H20N2O2S. The zero-order valence-electron chi connectivity index (χ0n) is 13.4. The van der Waals surface area contributed by atoms with Crippen molar-refractivity contribution in [2.75, 3.05) is 13.1 Å². The maximum atomic E-state index is 12.9. The Morgan fingerprint density at radius 3 is 2.38 bits per heavy atom. The first-order valence-electron chi connectivity index (χ1n) is 8.28. The van der Waals surface area contributed by atoms with Gasteiger partial charge in [-0.3, -0.25) is 4.90 Å². The number of hydrogen-bond donors (Lipinski definition) is 0. The zero-order valence-corrected chi connectivity index (χ0v) is 14.2. The van der Waals surface area contributed by atoms with Gasteiger partial charge in [-0.1, -0.05) is 30.3 Å². The topological polar surface area (TPSA) is 42.3 Å². The van der Waals surface area contributed by atoms with Crippen molar-refractivity contribution in [1.29, 1.82) is 0 Å². The molecule has 2 heterocycles. The van der Waals surface area contributed by atoms with E-state index >= 15 is 0 Å². The largest absolute Gasteiger partial charge is 0.299 e. The zero-order chi connectivity index (χ0) is 16.6. The summed E-state index contributed by atoms with van der Waals surface area (Å²) in [4.78, 5) is 2.74. The van der Waals surface area contributed by atoms with Gasteiger partial charge in [0.2, 0.25) is 0 Å². The number of hydrogen-bond acceptors (Lipinski definition) is 3. The molecule has 5 heteroatoms. The van der Waals surface area contributed by atoms with Gasteiger partial charge in [0.15, 0.2) is 0 Å². The lowest BCUT2D eigenvalue weighted by Gasteiger charge is -2.15. The minimum absolute atomic E-state index is 0.312. The maximum Gasteiger partial charge on any atom is 0.268 e. The van der Waals surface area contributed by atoms with Gasteiger partial charge in [0, 0.05) is 18.1 Å². The van der Waals surface area contributed by atoms with Gasteiger partial charge in [-0.05, 0) is 55.8 Å². The molecular weight excluding hydrogens is 320 g/mol. The van der Waals surface area contributed by atoms with E-state index < -0.39 is 10.0 Å². The number of rotatable bonds is 4. The molecule has 0 amide bonds. The number of fused-ring (bicyclic) bond motifs is 1. The van der Waals surface area contributed by atoms with Gasteiger partial charge in [-0.15, -0.1) is 0 Å². The van der Waals surface area contributed by atoms with E-state index in [4.69, 9.17) is 0 Å². The summed E-state index contributed by atoms with van der Waals surface area (Å²) >= 11 is 0. The highest BCUT2D eigenvalue weighted by molar-refractivity contribution is 7.90. The van der Waals surface area contributed by atoms with Crippen molar-refractivity contribution >= 4 is 20.9 Å². The summed E-state index contributed by atoms with van der Waals surface area (Å²) in [5.41, 5.74) is 1.94. The van der Waals surface area contributed by atoms with Crippen LogP contribution in [0.2, 0.25) is 0 Å². The summed E-state index contributed by atoms with van der Waals surface area (Å²) < 4.78 is 27.2. The van der Waals surface area contributed by atoms with Gasteiger partial charge < -0.3 is 0 Å². The summed E-state index contributed by atoms with van der Waals surface area (Å²) in [6.45, 7) is 3.13. The van der Waals surface area contributed by atoms with Gasteiger partial charge >= 0.3 is 0 Å². The van der Waals surface area contributed by atoms with E-state index in [0.717, 1.165) is 30.5 Å². The fraction of sp³-hybridized carbons (Fsp3) is 0.263. The maximum absolute atomic E-state index is 12.9. The van der Waals surface area contributed by atoms with E-state index in [2.05, 4.69) is 11.0 Å². The summed E-state index contributed by atoms with van der Waals surface area (Å²) in [5, 5.41) is 1.02. The number of benzene rings is 2.